The molecule has 0 radical (unpaired) electrons. The minimum absolute atomic E-state index is 0.0307. The molecule has 1 unspecified atom stereocenters. The highest BCUT2D eigenvalue weighted by molar-refractivity contribution is 5.76. The number of phenolic OH excluding ortho intramolecular Hbond substituents is 1. The van der Waals surface area contributed by atoms with Crippen molar-refractivity contribution in [1.82, 2.24) is 0 Å². The van der Waals surface area contributed by atoms with Crippen LogP contribution in [0.5, 0.6) is 5.75 Å². The van der Waals surface area contributed by atoms with Crippen molar-refractivity contribution in [1.29, 1.82) is 0 Å². The smallest absolute Gasteiger partial charge is 0.322 e. The zero-order chi connectivity index (χ0) is 11.4. The zero-order valence-corrected chi connectivity index (χ0v) is 8.43. The number of ether oxygens (including phenoxy) is 1. The molecule has 0 spiro atoms. The first kappa shape index (κ1) is 11.3. The van der Waals surface area contributed by atoms with Crippen LogP contribution in [-0.4, -0.2) is 24.2 Å². The predicted molar refractivity (Wildman–Crippen MR) is 56.2 cm³/mol. The number of anilines is 1. The molecule has 15 heavy (non-hydrogen) atoms. The van der Waals surface area contributed by atoms with Crippen LogP contribution in [0.2, 0.25) is 0 Å². The molecule has 0 aliphatic heterocycles. The van der Waals surface area contributed by atoms with Crippen LogP contribution in [0.1, 0.15) is 5.56 Å². The highest BCUT2D eigenvalue weighted by Crippen LogP contribution is 2.25. The largest absolute Gasteiger partial charge is 0.506 e. The van der Waals surface area contributed by atoms with Gasteiger partial charge in [0.05, 0.1) is 12.8 Å². The topological polar surface area (TPSA) is 98.6 Å². The number of hydrogen-bond acceptors (Lipinski definition) is 5. The Kier molecular flexibility index (Phi) is 3.51. The van der Waals surface area contributed by atoms with E-state index in [1.165, 1.54) is 7.11 Å². The van der Waals surface area contributed by atoms with E-state index in [9.17, 15) is 9.90 Å². The number of nitrogens with two attached hydrogens (primary N) is 2. The number of aromatic hydroxyl groups is 1. The third-order valence-electron chi connectivity index (χ3n) is 2.09. The highest BCUT2D eigenvalue weighted by atomic mass is 16.5. The third kappa shape index (κ3) is 2.60. The Labute approximate surface area is 87.6 Å². The molecule has 0 aliphatic rings. The lowest BCUT2D eigenvalue weighted by Crippen LogP contribution is -2.33. The lowest BCUT2D eigenvalue weighted by molar-refractivity contribution is -0.142. The fourth-order valence-electron chi connectivity index (χ4n) is 1.25. The molecule has 82 valence electrons. The molecule has 0 saturated carbocycles. The molecule has 1 rings (SSSR count). The van der Waals surface area contributed by atoms with Gasteiger partial charge in [0.1, 0.15) is 11.8 Å². The third-order valence-corrected chi connectivity index (χ3v) is 2.09. The number of phenols is 1. The van der Waals surface area contributed by atoms with Gasteiger partial charge in [0, 0.05) is 6.42 Å². The average Bonchev–Trinajstić information content (AvgIpc) is 2.23. The van der Waals surface area contributed by atoms with Gasteiger partial charge in [-0.3, -0.25) is 4.79 Å². The number of methoxy groups -OCH3 is 1. The van der Waals surface area contributed by atoms with Crippen LogP contribution in [0.15, 0.2) is 18.2 Å². The molecule has 0 heterocycles. The van der Waals surface area contributed by atoms with E-state index in [0.717, 1.165) is 0 Å². The maximum atomic E-state index is 11.1. The quantitative estimate of drug-likeness (QED) is 0.371. The summed E-state index contributed by atoms with van der Waals surface area (Å²) in [6, 6.07) is 4.13. The number of para-hydroxylation sites is 1. The summed E-state index contributed by atoms with van der Waals surface area (Å²) in [5, 5.41) is 9.57. The molecular formula is C10H14N2O3. The zero-order valence-electron chi connectivity index (χ0n) is 8.43. The van der Waals surface area contributed by atoms with Gasteiger partial charge in [-0.05, 0) is 11.6 Å². The van der Waals surface area contributed by atoms with Gasteiger partial charge in [0.25, 0.3) is 0 Å². The van der Waals surface area contributed by atoms with E-state index < -0.39 is 12.0 Å². The van der Waals surface area contributed by atoms with Crippen LogP contribution in [0.25, 0.3) is 0 Å². The Hall–Kier alpha value is -1.75. The second kappa shape index (κ2) is 4.65. The van der Waals surface area contributed by atoms with E-state index in [0.29, 0.717) is 5.56 Å². The van der Waals surface area contributed by atoms with Crippen molar-refractivity contribution in [2.45, 2.75) is 12.5 Å². The van der Waals surface area contributed by atoms with Gasteiger partial charge >= 0.3 is 5.97 Å². The summed E-state index contributed by atoms with van der Waals surface area (Å²) in [6.07, 6.45) is 0.198. The number of nitrogen functional groups attached to an aromatic ring is 1. The Morgan fingerprint density at radius 1 is 1.60 bits per heavy atom. The van der Waals surface area contributed by atoms with Gasteiger partial charge in [0.15, 0.2) is 0 Å². The van der Waals surface area contributed by atoms with E-state index >= 15 is 0 Å². The fourth-order valence-corrected chi connectivity index (χ4v) is 1.25. The van der Waals surface area contributed by atoms with Crippen molar-refractivity contribution in [2.75, 3.05) is 12.8 Å². The number of carbonyl (C=O) groups is 1. The second-order valence-corrected chi connectivity index (χ2v) is 3.19. The summed E-state index contributed by atoms with van der Waals surface area (Å²) in [6.45, 7) is 0. The van der Waals surface area contributed by atoms with Crippen molar-refractivity contribution >= 4 is 11.7 Å². The van der Waals surface area contributed by atoms with Crippen molar-refractivity contribution in [3.05, 3.63) is 23.8 Å². The maximum absolute atomic E-state index is 11.1. The number of rotatable bonds is 3. The molecule has 0 fully saturated rings. The monoisotopic (exact) mass is 210 g/mol. The summed E-state index contributed by atoms with van der Waals surface area (Å²) in [4.78, 5) is 11.1. The van der Waals surface area contributed by atoms with Gasteiger partial charge in [0.2, 0.25) is 0 Å². The van der Waals surface area contributed by atoms with E-state index in [1.807, 2.05) is 0 Å². The van der Waals surface area contributed by atoms with E-state index in [1.54, 1.807) is 18.2 Å². The minimum Gasteiger partial charge on any atom is -0.506 e. The molecule has 0 aliphatic carbocycles. The van der Waals surface area contributed by atoms with Gasteiger partial charge in [-0.2, -0.15) is 0 Å². The summed E-state index contributed by atoms with van der Waals surface area (Å²) >= 11 is 0. The summed E-state index contributed by atoms with van der Waals surface area (Å²) < 4.78 is 4.48. The number of hydrogen-bond donors (Lipinski definition) is 3. The van der Waals surface area contributed by atoms with Gasteiger partial charge in [-0.1, -0.05) is 12.1 Å². The number of esters is 1. The minimum atomic E-state index is -0.789. The van der Waals surface area contributed by atoms with Crippen molar-refractivity contribution < 1.29 is 14.6 Å². The van der Waals surface area contributed by atoms with Crippen molar-refractivity contribution in [3.8, 4) is 5.75 Å². The highest BCUT2D eigenvalue weighted by Gasteiger charge is 2.16. The van der Waals surface area contributed by atoms with Crippen molar-refractivity contribution in [3.63, 3.8) is 0 Å². The van der Waals surface area contributed by atoms with Crippen LogP contribution in [0.3, 0.4) is 0 Å². The molecule has 0 aromatic heterocycles. The average molecular weight is 210 g/mol. The predicted octanol–water partition coefficient (Wildman–Crippen LogP) is 0.0172. The lowest BCUT2D eigenvalue weighted by atomic mass is 10.0. The molecule has 0 amide bonds. The van der Waals surface area contributed by atoms with Crippen LogP contribution in [0, 0.1) is 0 Å². The van der Waals surface area contributed by atoms with Crippen LogP contribution >= 0.6 is 0 Å². The van der Waals surface area contributed by atoms with Gasteiger partial charge in [-0.25, -0.2) is 0 Å². The lowest BCUT2D eigenvalue weighted by Gasteiger charge is -2.11. The fraction of sp³-hybridized carbons (Fsp3) is 0.300. The van der Waals surface area contributed by atoms with E-state index in [4.69, 9.17) is 11.5 Å². The second-order valence-electron chi connectivity index (χ2n) is 3.19. The van der Waals surface area contributed by atoms with E-state index in [-0.39, 0.29) is 17.9 Å². The molecule has 5 nitrogen and oxygen atoms in total. The first-order chi connectivity index (χ1) is 7.06. The summed E-state index contributed by atoms with van der Waals surface area (Å²) in [7, 11) is 1.27. The molecule has 0 saturated heterocycles. The first-order valence-electron chi connectivity index (χ1n) is 4.46. The van der Waals surface area contributed by atoms with E-state index in [2.05, 4.69) is 4.74 Å². The summed E-state index contributed by atoms with van der Waals surface area (Å²) in [5.74, 6) is -0.548. The Balaban J connectivity index is 2.81. The Bertz CT molecular complexity index is 366. The molecule has 5 heteroatoms. The molecule has 1 aromatic rings. The molecule has 1 atom stereocenters. The Morgan fingerprint density at radius 2 is 2.27 bits per heavy atom. The first-order valence-corrected chi connectivity index (χ1v) is 4.46. The van der Waals surface area contributed by atoms with Gasteiger partial charge < -0.3 is 21.3 Å². The van der Waals surface area contributed by atoms with Crippen molar-refractivity contribution in [2.24, 2.45) is 5.73 Å². The normalized spacial score (nSPS) is 12.1. The van der Waals surface area contributed by atoms with Crippen LogP contribution in [0.4, 0.5) is 5.69 Å². The van der Waals surface area contributed by atoms with Gasteiger partial charge in [-0.15, -0.1) is 0 Å². The summed E-state index contributed by atoms with van der Waals surface area (Å²) in [5.41, 5.74) is 11.9. The molecule has 1 aromatic carbocycles. The molecule has 5 N–H and O–H groups in total. The SMILES string of the molecule is COC(=O)C(N)Cc1cccc(N)c1O. The van der Waals surface area contributed by atoms with Crippen LogP contribution < -0.4 is 11.5 Å². The molecular weight excluding hydrogens is 196 g/mol. The maximum Gasteiger partial charge on any atom is 0.322 e. The number of benzene rings is 1. The standard InChI is InChI=1S/C10H14N2O3/c1-15-10(14)8(12)5-6-3-2-4-7(11)9(6)13/h2-4,8,13H,5,11-12H2,1H3. The van der Waals surface area contributed by atoms with Crippen LogP contribution in [-0.2, 0) is 16.0 Å². The molecule has 0 bridgehead atoms. The Morgan fingerprint density at radius 3 is 2.87 bits per heavy atom. The number of carbonyl (C=O) groups excluding carboxylic acids is 1.